The van der Waals surface area contributed by atoms with E-state index < -0.39 is 0 Å². The Morgan fingerprint density at radius 2 is 2.28 bits per heavy atom. The van der Waals surface area contributed by atoms with Gasteiger partial charge in [-0.05, 0) is 56.6 Å². The van der Waals surface area contributed by atoms with Gasteiger partial charge >= 0.3 is 6.03 Å². The monoisotopic (exact) mass is 348 g/mol. The zero-order chi connectivity index (χ0) is 17.6. The van der Waals surface area contributed by atoms with Gasteiger partial charge in [-0.25, -0.2) is 4.79 Å². The molecule has 1 fully saturated rings. The number of benzene rings is 1. The van der Waals surface area contributed by atoms with Crippen LogP contribution in [0.2, 0.25) is 0 Å². The van der Waals surface area contributed by atoms with E-state index in [0.717, 1.165) is 42.8 Å². The number of ether oxygens (including phenoxy) is 1. The van der Waals surface area contributed by atoms with Gasteiger partial charge in [-0.1, -0.05) is 0 Å². The minimum Gasteiger partial charge on any atom is -0.493 e. The fourth-order valence-electron chi connectivity index (χ4n) is 3.19. The highest BCUT2D eigenvalue weighted by molar-refractivity contribution is 5.89. The van der Waals surface area contributed by atoms with E-state index in [-0.39, 0.29) is 18.5 Å². The highest BCUT2D eigenvalue weighted by atomic mass is 16.5. The van der Waals surface area contributed by atoms with Gasteiger partial charge in [-0.2, -0.15) is 0 Å². The number of urea groups is 1. The highest BCUT2D eigenvalue weighted by Gasteiger charge is 2.25. The Morgan fingerprint density at radius 1 is 1.40 bits per heavy atom. The van der Waals surface area contributed by atoms with Gasteiger partial charge in [0.05, 0.1) is 12.8 Å². The molecule has 0 aromatic heterocycles. The van der Waals surface area contributed by atoms with Crippen LogP contribution >= 0.6 is 0 Å². The van der Waals surface area contributed by atoms with Crippen LogP contribution in [0, 0.1) is 0 Å². The molecule has 3 atom stereocenters. The van der Waals surface area contributed by atoms with Crippen molar-refractivity contribution in [3.8, 4) is 5.75 Å². The summed E-state index contributed by atoms with van der Waals surface area (Å²) in [6.07, 6.45) is 2.60. The highest BCUT2D eigenvalue weighted by Crippen LogP contribution is 2.27. The summed E-state index contributed by atoms with van der Waals surface area (Å²) in [6, 6.07) is 5.75. The summed E-state index contributed by atoms with van der Waals surface area (Å²) in [7, 11) is 0. The van der Waals surface area contributed by atoms with E-state index in [4.69, 9.17) is 10.5 Å². The lowest BCUT2D eigenvalue weighted by atomic mass is 10.1. The van der Waals surface area contributed by atoms with Crippen molar-refractivity contribution in [1.29, 1.82) is 0 Å². The molecule has 0 radical (unpaired) electrons. The summed E-state index contributed by atoms with van der Waals surface area (Å²) in [5.74, 6) is 0.904. The third-order valence-corrected chi connectivity index (χ3v) is 4.40. The molecule has 3 rings (SSSR count). The lowest BCUT2D eigenvalue weighted by molar-refractivity contribution is 0.193. The normalized spacial score (nSPS) is 25.1. The molecule has 138 valence electrons. The molecular weight excluding hydrogens is 320 g/mol. The van der Waals surface area contributed by atoms with Gasteiger partial charge < -0.3 is 26.4 Å². The first kappa shape index (κ1) is 17.9. The number of fused-ring (bicyclic) bond motifs is 1. The lowest BCUT2D eigenvalue weighted by Gasteiger charge is -2.36. The van der Waals surface area contributed by atoms with Crippen LogP contribution in [-0.2, 0) is 6.42 Å². The Labute approximate surface area is 148 Å². The molecule has 1 aromatic carbocycles. The van der Waals surface area contributed by atoms with Gasteiger partial charge in [0.15, 0.2) is 0 Å². The van der Waals surface area contributed by atoms with Crippen molar-refractivity contribution in [2.75, 3.05) is 25.0 Å². The molecule has 2 aliphatic heterocycles. The van der Waals surface area contributed by atoms with Crippen molar-refractivity contribution in [2.45, 2.75) is 44.7 Å². The zero-order valence-corrected chi connectivity index (χ0v) is 14.6. The number of carbonyl (C=O) groups excluding carboxylic acids is 1. The number of carbonyl (C=O) groups is 1. The molecule has 3 unspecified atom stereocenters. The van der Waals surface area contributed by atoms with Gasteiger partial charge in [0.2, 0.25) is 0 Å². The zero-order valence-electron chi connectivity index (χ0n) is 14.6. The van der Waals surface area contributed by atoms with Crippen LogP contribution in [0.1, 0.15) is 25.3 Å². The smallest absolute Gasteiger partial charge is 0.321 e. The number of nitrogens with two attached hydrogens (primary N) is 1. The summed E-state index contributed by atoms with van der Waals surface area (Å²) >= 11 is 0. The van der Waals surface area contributed by atoms with Crippen molar-refractivity contribution < 1.29 is 9.53 Å². The molecule has 7 N–H and O–H groups in total. The van der Waals surface area contributed by atoms with E-state index in [0.29, 0.717) is 19.2 Å². The quantitative estimate of drug-likeness (QED) is 0.411. The average molecular weight is 348 g/mol. The van der Waals surface area contributed by atoms with Crippen LogP contribution < -0.4 is 37.1 Å². The van der Waals surface area contributed by atoms with E-state index >= 15 is 0 Å². The van der Waals surface area contributed by atoms with Crippen LogP contribution in [0.4, 0.5) is 10.5 Å². The molecule has 0 aliphatic carbocycles. The Balaban J connectivity index is 1.49. The van der Waals surface area contributed by atoms with Gasteiger partial charge in [-0.3, -0.25) is 10.6 Å². The first-order valence-electron chi connectivity index (χ1n) is 8.93. The minimum absolute atomic E-state index is 0.144. The van der Waals surface area contributed by atoms with Gasteiger partial charge in [0.25, 0.3) is 0 Å². The Bertz CT molecular complexity index is 597. The van der Waals surface area contributed by atoms with Crippen LogP contribution in [0.3, 0.4) is 0 Å². The number of amides is 2. The Kier molecular flexibility index (Phi) is 6.09. The summed E-state index contributed by atoms with van der Waals surface area (Å²) in [6.45, 7) is 4.34. The van der Waals surface area contributed by atoms with Crippen LogP contribution in [0.5, 0.6) is 5.75 Å². The lowest BCUT2D eigenvalue weighted by Crippen LogP contribution is -2.67. The second-order valence-corrected chi connectivity index (χ2v) is 6.57. The SMILES string of the molecule is CC1CC(NCCCN)NC(NC(=O)Nc2ccc3c(c2)CCO3)N1. The average Bonchev–Trinajstić information content (AvgIpc) is 3.02. The molecule has 2 aliphatic rings. The molecule has 0 spiro atoms. The predicted octanol–water partition coefficient (Wildman–Crippen LogP) is 0.263. The van der Waals surface area contributed by atoms with Crippen LogP contribution in [0.25, 0.3) is 0 Å². The number of nitrogens with one attached hydrogen (secondary N) is 5. The fourth-order valence-corrected chi connectivity index (χ4v) is 3.19. The van der Waals surface area contributed by atoms with Gasteiger partial charge in [0, 0.05) is 18.2 Å². The first-order chi connectivity index (χ1) is 12.1. The van der Waals surface area contributed by atoms with E-state index in [1.807, 2.05) is 18.2 Å². The molecule has 0 bridgehead atoms. The largest absolute Gasteiger partial charge is 0.493 e. The van der Waals surface area contributed by atoms with Crippen molar-refractivity contribution in [1.82, 2.24) is 21.3 Å². The van der Waals surface area contributed by atoms with Crippen molar-refractivity contribution in [3.05, 3.63) is 23.8 Å². The molecule has 0 saturated carbocycles. The summed E-state index contributed by atoms with van der Waals surface area (Å²) in [4.78, 5) is 12.3. The third kappa shape index (κ3) is 5.05. The Hall–Kier alpha value is -1.87. The predicted molar refractivity (Wildman–Crippen MR) is 97.4 cm³/mol. The standard InChI is InChI=1S/C17H28N6O2/c1-11-9-15(19-7-2-6-18)22-16(20-11)23-17(24)21-13-3-4-14-12(10-13)5-8-25-14/h3-4,10-11,15-16,19-20,22H,2,5-9,18H2,1H3,(H2,21,23,24). The molecule has 2 heterocycles. The summed E-state index contributed by atoms with van der Waals surface area (Å²) < 4.78 is 5.48. The molecule has 25 heavy (non-hydrogen) atoms. The maximum absolute atomic E-state index is 12.3. The van der Waals surface area contributed by atoms with Crippen molar-refractivity contribution in [3.63, 3.8) is 0 Å². The van der Waals surface area contributed by atoms with E-state index in [1.165, 1.54) is 0 Å². The van der Waals surface area contributed by atoms with Crippen molar-refractivity contribution >= 4 is 11.7 Å². The Morgan fingerprint density at radius 3 is 3.12 bits per heavy atom. The minimum atomic E-state index is -0.295. The summed E-state index contributed by atoms with van der Waals surface area (Å²) in [5.41, 5.74) is 7.42. The van der Waals surface area contributed by atoms with E-state index in [9.17, 15) is 4.79 Å². The maximum atomic E-state index is 12.3. The third-order valence-electron chi connectivity index (χ3n) is 4.40. The van der Waals surface area contributed by atoms with E-state index in [2.05, 4.69) is 33.5 Å². The van der Waals surface area contributed by atoms with E-state index in [1.54, 1.807) is 0 Å². The van der Waals surface area contributed by atoms with Crippen LogP contribution in [0.15, 0.2) is 18.2 Å². The molecule has 1 saturated heterocycles. The number of rotatable bonds is 6. The molecule has 1 aromatic rings. The fraction of sp³-hybridized carbons (Fsp3) is 0.588. The first-order valence-corrected chi connectivity index (χ1v) is 8.93. The van der Waals surface area contributed by atoms with Gasteiger partial charge in [-0.15, -0.1) is 0 Å². The second kappa shape index (κ2) is 8.48. The number of hydrogen-bond donors (Lipinski definition) is 6. The molecule has 2 amide bonds. The van der Waals surface area contributed by atoms with Gasteiger partial charge in [0.1, 0.15) is 12.0 Å². The van der Waals surface area contributed by atoms with Crippen molar-refractivity contribution in [2.24, 2.45) is 5.73 Å². The number of hydrogen-bond acceptors (Lipinski definition) is 6. The second-order valence-electron chi connectivity index (χ2n) is 6.57. The van der Waals surface area contributed by atoms with Crippen LogP contribution in [-0.4, -0.2) is 44.2 Å². The summed E-state index contributed by atoms with van der Waals surface area (Å²) in [5, 5.41) is 15.9. The molecule has 8 heteroatoms. The molecular formula is C17H28N6O2. The molecule has 8 nitrogen and oxygen atoms in total. The maximum Gasteiger partial charge on any atom is 0.321 e. The topological polar surface area (TPSA) is 112 Å². The number of anilines is 1.